The predicted octanol–water partition coefficient (Wildman–Crippen LogP) is 5.17. The van der Waals surface area contributed by atoms with Gasteiger partial charge in [0.2, 0.25) is 5.13 Å². The van der Waals surface area contributed by atoms with E-state index in [-0.39, 0.29) is 10.0 Å². The lowest BCUT2D eigenvalue weighted by Crippen LogP contribution is -2.20. The van der Waals surface area contributed by atoms with E-state index in [2.05, 4.69) is 15.1 Å². The maximum absolute atomic E-state index is 11.4. The molecule has 1 aliphatic heterocycles. The molecule has 7 nitrogen and oxygen atoms in total. The van der Waals surface area contributed by atoms with Crippen LogP contribution >= 0.6 is 34.5 Å². The molecule has 0 fully saturated rings. The number of anilines is 1. The Kier molecular flexibility index (Phi) is 4.88. The number of hydrogen-bond donors (Lipinski definition) is 1. The third-order valence-electron chi connectivity index (χ3n) is 3.94. The van der Waals surface area contributed by atoms with E-state index < -0.39 is 15.0 Å². The Labute approximate surface area is 174 Å². The van der Waals surface area contributed by atoms with E-state index in [1.807, 2.05) is 31.2 Å². The predicted molar refractivity (Wildman–Crippen MR) is 113 cm³/mol. The summed E-state index contributed by atoms with van der Waals surface area (Å²) in [6.45, 7) is 1.84. The van der Waals surface area contributed by atoms with E-state index in [0.717, 1.165) is 22.0 Å². The van der Waals surface area contributed by atoms with Crippen LogP contribution in [-0.2, 0) is 10.1 Å². The van der Waals surface area contributed by atoms with Gasteiger partial charge in [-0.15, -0.1) is 0 Å². The molecule has 0 atom stereocenters. The Morgan fingerprint density at radius 1 is 1.21 bits per heavy atom. The summed E-state index contributed by atoms with van der Waals surface area (Å²) in [5, 5.41) is 6.40. The average molecular weight is 455 g/mol. The standard InChI is InChI=1S/C17H12Cl2N4O3S2/c1-9-6-16(21-17-20-12-4-2-3-5-14(12)27-17)23(22-9)13-7-11(19)15(8-10(13)18)28(24,25)26/h2-5,7-8H,6H2,1H3,(H,24,25,26). The van der Waals surface area contributed by atoms with Gasteiger partial charge in [0.1, 0.15) is 10.7 Å². The van der Waals surface area contributed by atoms with Crippen LogP contribution in [0.25, 0.3) is 10.2 Å². The van der Waals surface area contributed by atoms with Gasteiger partial charge in [-0.05, 0) is 31.2 Å². The molecule has 11 heteroatoms. The van der Waals surface area contributed by atoms with Crippen LogP contribution in [0.3, 0.4) is 0 Å². The number of rotatable bonds is 3. The number of halogens is 2. The SMILES string of the molecule is CC1=NN(c2cc(Cl)c(S(=O)(=O)O)cc2Cl)C(=Nc2nc3ccccc3s2)C1. The second kappa shape index (κ2) is 7.09. The Morgan fingerprint density at radius 2 is 1.96 bits per heavy atom. The Bertz CT molecular complexity index is 1240. The topological polar surface area (TPSA) is 95.2 Å². The molecule has 0 radical (unpaired) electrons. The van der Waals surface area contributed by atoms with Gasteiger partial charge in [0.05, 0.1) is 25.9 Å². The molecule has 0 aliphatic carbocycles. The Balaban J connectivity index is 1.78. The maximum atomic E-state index is 11.4. The number of aliphatic imine (C=N–C) groups is 1. The van der Waals surface area contributed by atoms with Crippen LogP contribution in [-0.4, -0.2) is 29.5 Å². The molecular formula is C17H12Cl2N4O3S2. The van der Waals surface area contributed by atoms with Crippen LogP contribution in [0.5, 0.6) is 0 Å². The molecule has 0 saturated heterocycles. The van der Waals surface area contributed by atoms with Crippen LogP contribution in [0.1, 0.15) is 13.3 Å². The molecule has 1 N–H and O–H groups in total. The van der Waals surface area contributed by atoms with E-state index in [1.165, 1.54) is 22.4 Å². The van der Waals surface area contributed by atoms with Crippen LogP contribution in [0.15, 0.2) is 51.4 Å². The number of para-hydroxylation sites is 1. The average Bonchev–Trinajstić information content (AvgIpc) is 3.18. The third kappa shape index (κ3) is 3.63. The lowest BCUT2D eigenvalue weighted by atomic mass is 10.2. The van der Waals surface area contributed by atoms with E-state index in [4.69, 9.17) is 23.2 Å². The number of fused-ring (bicyclic) bond motifs is 1. The van der Waals surface area contributed by atoms with Crippen LogP contribution in [0.2, 0.25) is 10.0 Å². The highest BCUT2D eigenvalue weighted by molar-refractivity contribution is 7.86. The van der Waals surface area contributed by atoms with Gasteiger partial charge in [0, 0.05) is 12.1 Å². The summed E-state index contributed by atoms with van der Waals surface area (Å²) in [5.74, 6) is 0.578. The monoisotopic (exact) mass is 454 g/mol. The second-order valence-corrected chi connectivity index (χ2v) is 9.24. The van der Waals surface area contributed by atoms with Crippen molar-refractivity contribution in [2.24, 2.45) is 10.1 Å². The first-order chi connectivity index (χ1) is 13.2. The number of amidine groups is 1. The summed E-state index contributed by atoms with van der Waals surface area (Å²) in [7, 11) is -4.49. The van der Waals surface area contributed by atoms with Gasteiger partial charge in [-0.25, -0.2) is 15.0 Å². The Morgan fingerprint density at radius 3 is 2.68 bits per heavy atom. The number of thiazole rings is 1. The van der Waals surface area contributed by atoms with Crippen molar-refractivity contribution in [2.45, 2.75) is 18.2 Å². The first kappa shape index (κ1) is 19.3. The third-order valence-corrected chi connectivity index (χ3v) is 6.50. The smallest absolute Gasteiger partial charge is 0.282 e. The van der Waals surface area contributed by atoms with Crippen molar-refractivity contribution in [3.63, 3.8) is 0 Å². The molecule has 0 bridgehead atoms. The molecule has 144 valence electrons. The molecule has 4 rings (SSSR count). The van der Waals surface area contributed by atoms with E-state index in [9.17, 15) is 13.0 Å². The molecule has 0 spiro atoms. The molecule has 0 amide bonds. The van der Waals surface area contributed by atoms with E-state index in [1.54, 1.807) is 0 Å². The zero-order chi connectivity index (χ0) is 20.1. The van der Waals surface area contributed by atoms with Crippen molar-refractivity contribution < 1.29 is 13.0 Å². The molecular weight excluding hydrogens is 443 g/mol. The van der Waals surface area contributed by atoms with Gasteiger partial charge in [-0.1, -0.05) is 46.7 Å². The minimum atomic E-state index is -4.49. The molecule has 2 heterocycles. The van der Waals surface area contributed by atoms with E-state index in [0.29, 0.717) is 23.1 Å². The summed E-state index contributed by atoms with van der Waals surface area (Å²) in [6, 6.07) is 10.2. The molecule has 1 aromatic heterocycles. The van der Waals surface area contributed by atoms with Crippen molar-refractivity contribution in [3.8, 4) is 0 Å². The van der Waals surface area contributed by atoms with Crippen molar-refractivity contribution in [1.82, 2.24) is 4.98 Å². The molecule has 3 aromatic rings. The summed E-state index contributed by atoms with van der Waals surface area (Å²) < 4.78 is 33.1. The van der Waals surface area contributed by atoms with Crippen molar-refractivity contribution >= 4 is 77.2 Å². The molecule has 2 aromatic carbocycles. The highest BCUT2D eigenvalue weighted by Crippen LogP contribution is 2.37. The number of benzene rings is 2. The summed E-state index contributed by atoms with van der Waals surface area (Å²) in [6.07, 6.45) is 0.476. The van der Waals surface area contributed by atoms with Crippen molar-refractivity contribution in [1.29, 1.82) is 0 Å². The molecule has 1 aliphatic rings. The highest BCUT2D eigenvalue weighted by atomic mass is 35.5. The minimum absolute atomic E-state index is 0.0625. The van der Waals surface area contributed by atoms with Crippen LogP contribution in [0, 0.1) is 0 Å². The minimum Gasteiger partial charge on any atom is -0.282 e. The largest absolute Gasteiger partial charge is 0.296 e. The van der Waals surface area contributed by atoms with Crippen LogP contribution < -0.4 is 5.01 Å². The molecule has 28 heavy (non-hydrogen) atoms. The fourth-order valence-electron chi connectivity index (χ4n) is 2.74. The Hall–Kier alpha value is -2.04. The maximum Gasteiger partial charge on any atom is 0.296 e. The second-order valence-electron chi connectivity index (χ2n) is 6.03. The first-order valence-electron chi connectivity index (χ1n) is 7.96. The van der Waals surface area contributed by atoms with Gasteiger partial charge in [0.15, 0.2) is 0 Å². The van der Waals surface area contributed by atoms with Crippen molar-refractivity contribution in [3.05, 3.63) is 46.4 Å². The lowest BCUT2D eigenvalue weighted by Gasteiger charge is -2.17. The van der Waals surface area contributed by atoms with E-state index >= 15 is 0 Å². The number of aromatic nitrogens is 1. The number of nitrogens with zero attached hydrogens (tertiary/aromatic N) is 4. The lowest BCUT2D eigenvalue weighted by molar-refractivity contribution is 0.483. The van der Waals surface area contributed by atoms with Gasteiger partial charge < -0.3 is 0 Å². The molecule has 0 unspecified atom stereocenters. The summed E-state index contributed by atoms with van der Waals surface area (Å²) in [4.78, 5) is 8.64. The highest BCUT2D eigenvalue weighted by Gasteiger charge is 2.26. The fourth-order valence-corrected chi connectivity index (χ4v) is 4.93. The van der Waals surface area contributed by atoms with Crippen LogP contribution in [0.4, 0.5) is 10.8 Å². The fraction of sp³-hybridized carbons (Fsp3) is 0.118. The number of hydrogen-bond acceptors (Lipinski definition) is 6. The van der Waals surface area contributed by atoms with Gasteiger partial charge >= 0.3 is 0 Å². The molecule has 0 saturated carbocycles. The van der Waals surface area contributed by atoms with Gasteiger partial charge in [-0.2, -0.15) is 13.5 Å². The zero-order valence-electron chi connectivity index (χ0n) is 14.3. The van der Waals surface area contributed by atoms with Gasteiger partial charge in [0.25, 0.3) is 10.1 Å². The normalized spacial score (nSPS) is 16.2. The summed E-state index contributed by atoms with van der Waals surface area (Å²) in [5.41, 5.74) is 2.01. The quantitative estimate of drug-likeness (QED) is 0.550. The zero-order valence-corrected chi connectivity index (χ0v) is 17.4. The number of hydrazone groups is 1. The first-order valence-corrected chi connectivity index (χ1v) is 11.0. The van der Waals surface area contributed by atoms with Crippen molar-refractivity contribution in [2.75, 3.05) is 5.01 Å². The van der Waals surface area contributed by atoms with Gasteiger partial charge in [-0.3, -0.25) is 4.55 Å². The summed E-state index contributed by atoms with van der Waals surface area (Å²) >= 11 is 13.7.